The van der Waals surface area contributed by atoms with Gasteiger partial charge in [-0.25, -0.2) is 14.1 Å². The van der Waals surface area contributed by atoms with Gasteiger partial charge in [-0.2, -0.15) is 13.2 Å². The topological polar surface area (TPSA) is 61.9 Å². The van der Waals surface area contributed by atoms with Crippen molar-refractivity contribution in [1.82, 2.24) is 15.1 Å². The Morgan fingerprint density at radius 1 is 1.06 bits per heavy atom. The zero-order chi connectivity index (χ0) is 22.2. The highest BCUT2D eigenvalue weighted by molar-refractivity contribution is 6.08. The Hall–Kier alpha value is -2.98. The summed E-state index contributed by atoms with van der Waals surface area (Å²) >= 11 is 0. The van der Waals surface area contributed by atoms with Crippen molar-refractivity contribution in [2.75, 3.05) is 26.4 Å². The van der Waals surface area contributed by atoms with Crippen LogP contribution >= 0.6 is 0 Å². The third-order valence-electron chi connectivity index (χ3n) is 5.47. The summed E-state index contributed by atoms with van der Waals surface area (Å²) in [5.74, 6) is -1.78. The van der Waals surface area contributed by atoms with E-state index >= 15 is 0 Å². The molecule has 0 bridgehead atoms. The van der Waals surface area contributed by atoms with Crippen LogP contribution in [0.15, 0.2) is 54.6 Å². The number of urea groups is 1. The molecule has 0 radical (unpaired) electrons. The maximum Gasteiger partial charge on any atom is 0.425 e. The Bertz CT molecular complexity index is 968. The van der Waals surface area contributed by atoms with E-state index in [-0.39, 0.29) is 25.4 Å². The van der Waals surface area contributed by atoms with E-state index in [1.807, 2.05) is 5.32 Å². The molecule has 0 saturated carbocycles. The second-order valence-corrected chi connectivity index (χ2v) is 7.41. The molecule has 2 aromatic rings. The number of benzene rings is 2. The first kappa shape index (κ1) is 21.3. The van der Waals surface area contributed by atoms with Crippen LogP contribution < -0.4 is 5.32 Å². The minimum atomic E-state index is -5.03. The number of morpholine rings is 1. The molecule has 2 unspecified atom stereocenters. The molecule has 3 amide bonds. The van der Waals surface area contributed by atoms with Crippen molar-refractivity contribution < 1.29 is 31.9 Å². The van der Waals surface area contributed by atoms with Crippen LogP contribution in [0.1, 0.15) is 17.2 Å². The lowest BCUT2D eigenvalue weighted by molar-refractivity contribution is -0.199. The molecular formula is C21H19F4N3O3. The fourth-order valence-corrected chi connectivity index (χ4v) is 3.85. The summed E-state index contributed by atoms with van der Waals surface area (Å²) in [6.45, 7) is 0.470. The number of imide groups is 1. The first-order chi connectivity index (χ1) is 14.7. The molecule has 10 heteroatoms. The molecule has 2 saturated heterocycles. The molecule has 1 N–H and O–H groups in total. The largest absolute Gasteiger partial charge is 0.425 e. The third kappa shape index (κ3) is 3.77. The van der Waals surface area contributed by atoms with Crippen molar-refractivity contribution in [3.05, 3.63) is 71.5 Å². The fourth-order valence-electron chi connectivity index (χ4n) is 3.85. The summed E-state index contributed by atoms with van der Waals surface area (Å²) in [6.07, 6.45) is -5.49. The Morgan fingerprint density at radius 3 is 2.39 bits per heavy atom. The SMILES string of the molecule is O=C1NC(c2ccccc2)(C(F)(F)F)C(=O)N1CN1CCOC(c2ccc(F)cc2)C1. The monoisotopic (exact) mass is 437 g/mol. The second kappa shape index (κ2) is 7.93. The molecule has 164 valence electrons. The van der Waals surface area contributed by atoms with Gasteiger partial charge in [-0.3, -0.25) is 9.69 Å². The van der Waals surface area contributed by atoms with Crippen molar-refractivity contribution in [1.29, 1.82) is 0 Å². The van der Waals surface area contributed by atoms with Crippen LogP contribution in [0.25, 0.3) is 0 Å². The van der Waals surface area contributed by atoms with Gasteiger partial charge >= 0.3 is 12.2 Å². The van der Waals surface area contributed by atoms with Crippen LogP contribution in [0.2, 0.25) is 0 Å². The maximum atomic E-state index is 14.1. The molecule has 2 aliphatic rings. The van der Waals surface area contributed by atoms with Crippen molar-refractivity contribution in [2.45, 2.75) is 17.8 Å². The molecule has 31 heavy (non-hydrogen) atoms. The number of hydrogen-bond donors (Lipinski definition) is 1. The summed E-state index contributed by atoms with van der Waals surface area (Å²) in [5, 5.41) is 1.88. The van der Waals surface area contributed by atoms with E-state index in [1.165, 1.54) is 30.3 Å². The first-order valence-corrected chi connectivity index (χ1v) is 9.58. The predicted molar refractivity (Wildman–Crippen MR) is 101 cm³/mol. The molecule has 2 aliphatic heterocycles. The molecule has 0 aliphatic carbocycles. The van der Waals surface area contributed by atoms with Gasteiger partial charge in [0, 0.05) is 13.1 Å². The van der Waals surface area contributed by atoms with Crippen LogP contribution in [0.4, 0.5) is 22.4 Å². The number of carbonyl (C=O) groups is 2. The summed E-state index contributed by atoms with van der Waals surface area (Å²) in [6, 6.07) is 11.2. The number of halogens is 4. The number of alkyl halides is 3. The Kier molecular flexibility index (Phi) is 5.44. The van der Waals surface area contributed by atoms with Crippen LogP contribution in [-0.2, 0) is 15.1 Å². The Labute approximate surface area is 175 Å². The predicted octanol–water partition coefficient (Wildman–Crippen LogP) is 3.17. The Morgan fingerprint density at radius 2 is 1.74 bits per heavy atom. The average Bonchev–Trinajstić information content (AvgIpc) is 3.01. The lowest BCUT2D eigenvalue weighted by Crippen LogP contribution is -2.56. The van der Waals surface area contributed by atoms with Gasteiger partial charge in [0.1, 0.15) is 5.82 Å². The highest BCUT2D eigenvalue weighted by atomic mass is 19.4. The lowest BCUT2D eigenvalue weighted by atomic mass is 9.89. The standard InChI is InChI=1S/C21H19F4N3O3/c22-16-8-6-14(7-9-16)17-12-27(10-11-31-17)13-28-18(29)20(21(23,24)25,26-19(28)30)15-4-2-1-3-5-15/h1-9,17H,10-13H2,(H,26,30). The first-order valence-electron chi connectivity index (χ1n) is 9.58. The van der Waals surface area contributed by atoms with E-state index in [4.69, 9.17) is 4.74 Å². The summed E-state index contributed by atoms with van der Waals surface area (Å²) in [7, 11) is 0. The quantitative estimate of drug-likeness (QED) is 0.590. The molecule has 0 spiro atoms. The van der Waals surface area contributed by atoms with Gasteiger partial charge in [0.15, 0.2) is 0 Å². The zero-order valence-corrected chi connectivity index (χ0v) is 16.2. The number of nitrogens with one attached hydrogen (secondary N) is 1. The number of ether oxygens (including phenoxy) is 1. The zero-order valence-electron chi connectivity index (χ0n) is 16.2. The minimum Gasteiger partial charge on any atom is -0.371 e. The van der Waals surface area contributed by atoms with E-state index in [2.05, 4.69) is 0 Å². The van der Waals surface area contributed by atoms with Gasteiger partial charge in [0.05, 0.1) is 19.4 Å². The number of amides is 3. The van der Waals surface area contributed by atoms with Gasteiger partial charge in [0.25, 0.3) is 5.91 Å². The van der Waals surface area contributed by atoms with E-state index in [0.717, 1.165) is 12.1 Å². The van der Waals surface area contributed by atoms with Gasteiger partial charge in [-0.15, -0.1) is 0 Å². The number of rotatable bonds is 4. The van der Waals surface area contributed by atoms with Crippen LogP contribution in [0.5, 0.6) is 0 Å². The number of nitrogens with zero attached hydrogens (tertiary/aromatic N) is 2. The van der Waals surface area contributed by atoms with Gasteiger partial charge in [-0.1, -0.05) is 42.5 Å². The highest BCUT2D eigenvalue weighted by Gasteiger charge is 2.68. The fraction of sp³-hybridized carbons (Fsp3) is 0.333. The van der Waals surface area contributed by atoms with Crippen molar-refractivity contribution in [3.8, 4) is 0 Å². The van der Waals surface area contributed by atoms with E-state index in [1.54, 1.807) is 17.0 Å². The van der Waals surface area contributed by atoms with Gasteiger partial charge in [-0.05, 0) is 23.3 Å². The van der Waals surface area contributed by atoms with E-state index in [9.17, 15) is 27.2 Å². The second-order valence-electron chi connectivity index (χ2n) is 7.41. The van der Waals surface area contributed by atoms with E-state index in [0.29, 0.717) is 17.0 Å². The lowest BCUT2D eigenvalue weighted by Gasteiger charge is -2.35. The van der Waals surface area contributed by atoms with Crippen molar-refractivity contribution >= 4 is 11.9 Å². The minimum absolute atomic E-state index is 0.229. The smallest absolute Gasteiger partial charge is 0.371 e. The van der Waals surface area contributed by atoms with Gasteiger partial charge in [0.2, 0.25) is 5.54 Å². The number of carbonyl (C=O) groups excluding carboxylic acids is 2. The number of hydrogen-bond acceptors (Lipinski definition) is 4. The third-order valence-corrected chi connectivity index (χ3v) is 5.47. The van der Waals surface area contributed by atoms with E-state index < -0.39 is 35.6 Å². The molecule has 2 heterocycles. The van der Waals surface area contributed by atoms with Crippen LogP contribution in [0.3, 0.4) is 0 Å². The molecule has 2 aromatic carbocycles. The van der Waals surface area contributed by atoms with Crippen LogP contribution in [0, 0.1) is 5.82 Å². The van der Waals surface area contributed by atoms with Crippen LogP contribution in [-0.4, -0.2) is 54.3 Å². The normalized spacial score (nSPS) is 25.0. The van der Waals surface area contributed by atoms with Gasteiger partial charge < -0.3 is 10.1 Å². The molecule has 6 nitrogen and oxygen atoms in total. The molecule has 2 atom stereocenters. The molecule has 0 aromatic heterocycles. The summed E-state index contributed by atoms with van der Waals surface area (Å²) < 4.78 is 61.0. The van der Waals surface area contributed by atoms with Crippen molar-refractivity contribution in [3.63, 3.8) is 0 Å². The molecular weight excluding hydrogens is 418 g/mol. The highest BCUT2D eigenvalue weighted by Crippen LogP contribution is 2.43. The summed E-state index contributed by atoms with van der Waals surface area (Å²) in [4.78, 5) is 27.7. The Balaban J connectivity index is 1.55. The molecule has 4 rings (SSSR count). The maximum absolute atomic E-state index is 14.1. The molecule has 2 fully saturated rings. The summed E-state index contributed by atoms with van der Waals surface area (Å²) in [5.41, 5.74) is -2.79. The average molecular weight is 437 g/mol. The van der Waals surface area contributed by atoms with Crippen molar-refractivity contribution in [2.24, 2.45) is 0 Å².